The van der Waals surface area contributed by atoms with Gasteiger partial charge in [0.2, 0.25) is 0 Å². The van der Waals surface area contributed by atoms with Crippen LogP contribution in [0, 0.1) is 13.8 Å². The van der Waals surface area contributed by atoms with Crippen molar-refractivity contribution in [1.82, 2.24) is 9.97 Å². The van der Waals surface area contributed by atoms with Gasteiger partial charge in [-0.05, 0) is 13.8 Å². The van der Waals surface area contributed by atoms with E-state index >= 15 is 0 Å². The fourth-order valence-corrected chi connectivity index (χ4v) is 1.87. The highest BCUT2D eigenvalue weighted by molar-refractivity contribution is 6.21. The van der Waals surface area contributed by atoms with Crippen LogP contribution in [0.3, 0.4) is 0 Å². The first-order valence-corrected chi connectivity index (χ1v) is 5.39. The van der Waals surface area contributed by atoms with E-state index in [4.69, 9.17) is 16.3 Å². The van der Waals surface area contributed by atoms with E-state index in [2.05, 4.69) is 15.3 Å². The summed E-state index contributed by atoms with van der Waals surface area (Å²) in [6.45, 7) is 5.06. The van der Waals surface area contributed by atoms with Gasteiger partial charge in [0.15, 0.2) is 0 Å². The molecular formula is C10H14ClN3O. The molecule has 0 amide bonds. The van der Waals surface area contributed by atoms with Gasteiger partial charge in [0.05, 0.1) is 24.6 Å². The number of aryl methyl sites for hydroxylation is 2. The average molecular weight is 228 g/mol. The van der Waals surface area contributed by atoms with Crippen molar-refractivity contribution in [1.29, 1.82) is 0 Å². The van der Waals surface area contributed by atoms with Gasteiger partial charge in [-0.2, -0.15) is 0 Å². The van der Waals surface area contributed by atoms with E-state index in [-0.39, 0.29) is 11.4 Å². The Labute approximate surface area is 94.0 Å². The molecule has 2 atom stereocenters. The van der Waals surface area contributed by atoms with Crippen molar-refractivity contribution in [3.05, 3.63) is 17.6 Å². The normalized spacial score (nSPS) is 25.5. The maximum absolute atomic E-state index is 6.08. The molecule has 1 saturated heterocycles. The number of aromatic nitrogens is 2. The number of anilines is 1. The zero-order chi connectivity index (χ0) is 10.8. The molecule has 2 unspecified atom stereocenters. The molecule has 15 heavy (non-hydrogen) atoms. The molecule has 1 aliphatic heterocycles. The van der Waals surface area contributed by atoms with Crippen LogP contribution in [0.15, 0.2) is 6.07 Å². The van der Waals surface area contributed by atoms with Crippen LogP contribution in [0.1, 0.15) is 11.5 Å². The van der Waals surface area contributed by atoms with E-state index in [0.717, 1.165) is 17.3 Å². The highest BCUT2D eigenvalue weighted by Crippen LogP contribution is 2.17. The molecular weight excluding hydrogens is 214 g/mol. The SMILES string of the molecule is Cc1cc(NC2COCC2Cl)nc(C)n1. The smallest absolute Gasteiger partial charge is 0.130 e. The Balaban J connectivity index is 2.10. The number of rotatable bonds is 2. The van der Waals surface area contributed by atoms with Crippen molar-refractivity contribution in [3.63, 3.8) is 0 Å². The summed E-state index contributed by atoms with van der Waals surface area (Å²) in [7, 11) is 0. The Hall–Kier alpha value is -0.870. The standard InChI is InChI=1S/C10H14ClN3O/c1-6-3-10(13-7(2)12-6)14-9-5-15-4-8(9)11/h3,8-9H,4-5H2,1-2H3,(H,12,13,14). The third-order valence-corrected chi connectivity index (χ3v) is 2.74. The zero-order valence-corrected chi connectivity index (χ0v) is 9.58. The summed E-state index contributed by atoms with van der Waals surface area (Å²) in [6, 6.07) is 2.05. The van der Waals surface area contributed by atoms with Gasteiger partial charge in [-0.15, -0.1) is 11.6 Å². The summed E-state index contributed by atoms with van der Waals surface area (Å²) < 4.78 is 5.26. The number of ether oxygens (including phenoxy) is 1. The Morgan fingerprint density at radius 2 is 2.20 bits per heavy atom. The molecule has 0 spiro atoms. The van der Waals surface area contributed by atoms with Crippen LogP contribution in [0.25, 0.3) is 0 Å². The Morgan fingerprint density at radius 3 is 2.80 bits per heavy atom. The molecule has 2 rings (SSSR count). The van der Waals surface area contributed by atoms with Gasteiger partial charge in [0, 0.05) is 11.8 Å². The van der Waals surface area contributed by atoms with Gasteiger partial charge in [0.1, 0.15) is 11.6 Å². The number of hydrogen-bond acceptors (Lipinski definition) is 4. The van der Waals surface area contributed by atoms with Crippen LogP contribution in [0.4, 0.5) is 5.82 Å². The van der Waals surface area contributed by atoms with E-state index in [1.165, 1.54) is 0 Å². The van der Waals surface area contributed by atoms with Gasteiger partial charge in [-0.1, -0.05) is 0 Å². The summed E-state index contributed by atoms with van der Waals surface area (Å²) in [5.74, 6) is 1.59. The lowest BCUT2D eigenvalue weighted by atomic mass is 10.2. The van der Waals surface area contributed by atoms with Crippen LogP contribution < -0.4 is 5.32 Å². The van der Waals surface area contributed by atoms with E-state index in [1.54, 1.807) is 0 Å². The van der Waals surface area contributed by atoms with Crippen molar-refractivity contribution >= 4 is 17.4 Å². The molecule has 1 aromatic rings. The lowest BCUT2D eigenvalue weighted by Gasteiger charge is -2.15. The molecule has 0 aromatic carbocycles. The second kappa shape index (κ2) is 4.33. The predicted octanol–water partition coefficient (Wildman–Crippen LogP) is 1.51. The first-order chi connectivity index (χ1) is 7.15. The van der Waals surface area contributed by atoms with Gasteiger partial charge in [-0.3, -0.25) is 0 Å². The number of alkyl halides is 1. The highest BCUT2D eigenvalue weighted by Gasteiger charge is 2.26. The molecule has 82 valence electrons. The number of halogens is 1. The number of hydrogen-bond donors (Lipinski definition) is 1. The monoisotopic (exact) mass is 227 g/mol. The fourth-order valence-electron chi connectivity index (χ4n) is 1.64. The van der Waals surface area contributed by atoms with Crippen molar-refractivity contribution in [2.75, 3.05) is 18.5 Å². The van der Waals surface area contributed by atoms with Gasteiger partial charge < -0.3 is 10.1 Å². The first-order valence-electron chi connectivity index (χ1n) is 4.96. The van der Waals surface area contributed by atoms with Gasteiger partial charge in [-0.25, -0.2) is 9.97 Å². The van der Waals surface area contributed by atoms with Crippen LogP contribution in [-0.2, 0) is 4.74 Å². The molecule has 1 N–H and O–H groups in total. The molecule has 0 saturated carbocycles. The Morgan fingerprint density at radius 1 is 1.40 bits per heavy atom. The molecule has 1 aliphatic rings. The molecule has 0 aliphatic carbocycles. The van der Waals surface area contributed by atoms with Crippen molar-refractivity contribution < 1.29 is 4.74 Å². The summed E-state index contributed by atoms with van der Waals surface area (Å²) in [6.07, 6.45) is 0. The molecule has 1 aromatic heterocycles. The second-order valence-corrected chi connectivity index (χ2v) is 4.31. The Kier molecular flexibility index (Phi) is 3.07. The van der Waals surface area contributed by atoms with Crippen LogP contribution in [0.5, 0.6) is 0 Å². The Bertz CT molecular complexity index is 338. The molecule has 5 heteroatoms. The van der Waals surface area contributed by atoms with Gasteiger partial charge >= 0.3 is 0 Å². The quantitative estimate of drug-likeness (QED) is 0.779. The van der Waals surface area contributed by atoms with E-state index < -0.39 is 0 Å². The summed E-state index contributed by atoms with van der Waals surface area (Å²) in [4.78, 5) is 8.51. The van der Waals surface area contributed by atoms with Crippen LogP contribution in [-0.4, -0.2) is 34.6 Å². The average Bonchev–Trinajstić information content (AvgIpc) is 2.50. The minimum atomic E-state index is 0.0144. The maximum atomic E-state index is 6.08. The summed E-state index contributed by atoms with van der Waals surface area (Å²) in [5.41, 5.74) is 0.954. The molecule has 1 fully saturated rings. The maximum Gasteiger partial charge on any atom is 0.130 e. The predicted molar refractivity (Wildman–Crippen MR) is 59.4 cm³/mol. The van der Waals surface area contributed by atoms with E-state index in [0.29, 0.717) is 13.2 Å². The highest BCUT2D eigenvalue weighted by atomic mass is 35.5. The molecule has 2 heterocycles. The van der Waals surface area contributed by atoms with Crippen molar-refractivity contribution in [2.45, 2.75) is 25.3 Å². The minimum absolute atomic E-state index is 0.0144. The minimum Gasteiger partial charge on any atom is -0.378 e. The largest absolute Gasteiger partial charge is 0.378 e. The van der Waals surface area contributed by atoms with Crippen LogP contribution in [0.2, 0.25) is 0 Å². The lowest BCUT2D eigenvalue weighted by molar-refractivity contribution is 0.196. The topological polar surface area (TPSA) is 47.0 Å². The molecule has 4 nitrogen and oxygen atoms in total. The summed E-state index contributed by atoms with van der Waals surface area (Å²) >= 11 is 6.08. The molecule has 0 bridgehead atoms. The number of nitrogens with zero attached hydrogens (tertiary/aromatic N) is 2. The lowest BCUT2D eigenvalue weighted by Crippen LogP contribution is -2.28. The number of nitrogens with one attached hydrogen (secondary N) is 1. The first kappa shape index (κ1) is 10.6. The van der Waals surface area contributed by atoms with Crippen molar-refractivity contribution in [2.24, 2.45) is 0 Å². The van der Waals surface area contributed by atoms with Gasteiger partial charge in [0.25, 0.3) is 0 Å². The zero-order valence-electron chi connectivity index (χ0n) is 8.83. The second-order valence-electron chi connectivity index (χ2n) is 3.75. The fraction of sp³-hybridized carbons (Fsp3) is 0.600. The van der Waals surface area contributed by atoms with E-state index in [1.807, 2.05) is 19.9 Å². The summed E-state index contributed by atoms with van der Waals surface area (Å²) in [5, 5.41) is 3.28. The van der Waals surface area contributed by atoms with E-state index in [9.17, 15) is 0 Å². The van der Waals surface area contributed by atoms with Crippen molar-refractivity contribution in [3.8, 4) is 0 Å². The third kappa shape index (κ3) is 2.58. The molecule has 0 radical (unpaired) electrons. The van der Waals surface area contributed by atoms with Crippen LogP contribution >= 0.6 is 11.6 Å². The third-order valence-electron chi connectivity index (χ3n) is 2.31.